The van der Waals surface area contributed by atoms with Crippen molar-refractivity contribution in [1.29, 1.82) is 0 Å². The number of carbonyl (C=O) groups excluding carboxylic acids is 2. The highest BCUT2D eigenvalue weighted by Gasteiger charge is 2.33. The van der Waals surface area contributed by atoms with Crippen LogP contribution in [0.5, 0.6) is 5.75 Å². The molecule has 2 aliphatic rings. The second-order valence-corrected chi connectivity index (χ2v) is 8.20. The number of para-hydroxylation sites is 2. The molecule has 1 aliphatic carbocycles. The summed E-state index contributed by atoms with van der Waals surface area (Å²) in [4.78, 5) is 29.0. The Morgan fingerprint density at radius 3 is 2.55 bits per heavy atom. The van der Waals surface area contributed by atoms with Crippen molar-refractivity contribution in [3.63, 3.8) is 0 Å². The zero-order valence-corrected chi connectivity index (χ0v) is 17.1. The summed E-state index contributed by atoms with van der Waals surface area (Å²) in [5.41, 5.74) is 3.21. The van der Waals surface area contributed by atoms with Gasteiger partial charge in [0.15, 0.2) is 6.61 Å². The summed E-state index contributed by atoms with van der Waals surface area (Å²) in [6, 6.07) is 16.4. The molecule has 0 atom stereocenters. The molecule has 1 heterocycles. The van der Waals surface area contributed by atoms with Gasteiger partial charge in [0, 0.05) is 25.6 Å². The Hall–Kier alpha value is -2.82. The van der Waals surface area contributed by atoms with Gasteiger partial charge in [-0.1, -0.05) is 50.2 Å². The number of amides is 2. The Morgan fingerprint density at radius 2 is 1.86 bits per heavy atom. The van der Waals surface area contributed by atoms with Crippen LogP contribution < -0.4 is 9.64 Å². The maximum atomic E-state index is 13.0. The number of rotatable bonds is 7. The summed E-state index contributed by atoms with van der Waals surface area (Å²) in [5, 5.41) is 0. The van der Waals surface area contributed by atoms with Crippen molar-refractivity contribution in [2.75, 3.05) is 18.1 Å². The van der Waals surface area contributed by atoms with Gasteiger partial charge >= 0.3 is 0 Å². The molecule has 0 N–H and O–H groups in total. The summed E-state index contributed by atoms with van der Waals surface area (Å²) in [7, 11) is 0. The minimum atomic E-state index is -0.0984. The summed E-state index contributed by atoms with van der Waals surface area (Å²) < 4.78 is 5.49. The van der Waals surface area contributed by atoms with E-state index >= 15 is 0 Å². The molecule has 4 rings (SSSR count). The van der Waals surface area contributed by atoms with Crippen molar-refractivity contribution >= 4 is 17.5 Å². The van der Waals surface area contributed by atoms with Gasteiger partial charge in [-0.15, -0.1) is 0 Å². The first-order valence-electron chi connectivity index (χ1n) is 10.4. The van der Waals surface area contributed by atoms with Crippen LogP contribution in [0.1, 0.15) is 50.2 Å². The summed E-state index contributed by atoms with van der Waals surface area (Å²) in [6.45, 7) is 5.41. The largest absolute Gasteiger partial charge is 0.482 e. The van der Waals surface area contributed by atoms with Crippen molar-refractivity contribution in [1.82, 2.24) is 4.90 Å². The van der Waals surface area contributed by atoms with Crippen LogP contribution in [0.2, 0.25) is 0 Å². The number of anilines is 1. The summed E-state index contributed by atoms with van der Waals surface area (Å²) in [5.74, 6) is 1.21. The first-order valence-corrected chi connectivity index (χ1v) is 10.4. The number of nitrogens with zero attached hydrogens (tertiary/aromatic N) is 2. The highest BCUT2D eigenvalue weighted by molar-refractivity contribution is 5.98. The summed E-state index contributed by atoms with van der Waals surface area (Å²) >= 11 is 0. The Balaban J connectivity index is 1.41. The van der Waals surface area contributed by atoms with Crippen LogP contribution in [-0.2, 0) is 16.1 Å². The maximum Gasteiger partial charge on any atom is 0.265 e. The van der Waals surface area contributed by atoms with Crippen LogP contribution in [0.25, 0.3) is 0 Å². The van der Waals surface area contributed by atoms with Gasteiger partial charge in [-0.2, -0.15) is 0 Å². The molecule has 0 unspecified atom stereocenters. The molecule has 1 saturated carbocycles. The average Bonchev–Trinajstić information content (AvgIpc) is 3.56. The lowest BCUT2D eigenvalue weighted by molar-refractivity contribution is -0.132. The van der Waals surface area contributed by atoms with E-state index in [0.717, 1.165) is 24.1 Å². The number of hydrogen-bond acceptors (Lipinski definition) is 3. The third kappa shape index (κ3) is 4.44. The molecule has 29 heavy (non-hydrogen) atoms. The number of hydrogen-bond donors (Lipinski definition) is 0. The molecule has 152 valence electrons. The Bertz CT molecular complexity index is 887. The van der Waals surface area contributed by atoms with E-state index in [-0.39, 0.29) is 18.4 Å². The SMILES string of the molecule is CC(C)c1ccc(CN(C(=O)CCN2C(=O)COc3ccccc32)C2CC2)cc1. The molecule has 2 amide bonds. The van der Waals surface area contributed by atoms with E-state index in [9.17, 15) is 9.59 Å². The normalized spacial score (nSPS) is 15.8. The van der Waals surface area contributed by atoms with E-state index in [2.05, 4.69) is 38.1 Å². The first kappa shape index (κ1) is 19.5. The average molecular weight is 392 g/mol. The van der Waals surface area contributed by atoms with E-state index in [1.54, 1.807) is 4.90 Å². The Labute approximate surface area is 172 Å². The number of ether oxygens (including phenoxy) is 1. The van der Waals surface area contributed by atoms with Gasteiger partial charge in [0.05, 0.1) is 5.69 Å². The second kappa shape index (κ2) is 8.27. The Morgan fingerprint density at radius 1 is 1.14 bits per heavy atom. The van der Waals surface area contributed by atoms with Gasteiger partial charge in [0.25, 0.3) is 5.91 Å². The third-order valence-corrected chi connectivity index (χ3v) is 5.66. The lowest BCUT2D eigenvalue weighted by Crippen LogP contribution is -2.42. The van der Waals surface area contributed by atoms with Crippen LogP contribution in [0.15, 0.2) is 48.5 Å². The molecule has 0 spiro atoms. The fourth-order valence-corrected chi connectivity index (χ4v) is 3.76. The Kier molecular flexibility index (Phi) is 5.56. The van der Waals surface area contributed by atoms with Gasteiger partial charge < -0.3 is 14.5 Å². The van der Waals surface area contributed by atoms with Gasteiger partial charge in [-0.3, -0.25) is 9.59 Å². The molecular formula is C24H28N2O3. The molecule has 5 heteroatoms. The lowest BCUT2D eigenvalue weighted by Gasteiger charge is -2.30. The predicted octanol–water partition coefficient (Wildman–Crippen LogP) is 4.12. The van der Waals surface area contributed by atoms with Crippen LogP contribution in [0, 0.1) is 0 Å². The molecule has 5 nitrogen and oxygen atoms in total. The van der Waals surface area contributed by atoms with Crippen molar-refractivity contribution in [2.24, 2.45) is 0 Å². The van der Waals surface area contributed by atoms with Crippen LogP contribution in [-0.4, -0.2) is 35.9 Å². The predicted molar refractivity (Wildman–Crippen MR) is 113 cm³/mol. The minimum Gasteiger partial charge on any atom is -0.482 e. The van der Waals surface area contributed by atoms with Gasteiger partial charge in [0.2, 0.25) is 5.91 Å². The third-order valence-electron chi connectivity index (χ3n) is 5.66. The smallest absolute Gasteiger partial charge is 0.265 e. The minimum absolute atomic E-state index is 0.0275. The van der Waals surface area contributed by atoms with E-state index in [1.807, 2.05) is 29.2 Å². The fraction of sp³-hybridized carbons (Fsp3) is 0.417. The molecule has 2 aromatic carbocycles. The van der Waals surface area contributed by atoms with Crippen LogP contribution in [0.3, 0.4) is 0 Å². The van der Waals surface area contributed by atoms with Gasteiger partial charge in [-0.05, 0) is 42.0 Å². The van der Waals surface area contributed by atoms with E-state index in [1.165, 1.54) is 5.56 Å². The molecule has 0 radical (unpaired) electrons. The number of fused-ring (bicyclic) bond motifs is 1. The standard InChI is InChI=1S/C24H28N2O3/c1-17(2)19-9-7-18(8-10-19)15-26(20-11-12-20)23(27)13-14-25-21-5-3-4-6-22(21)29-16-24(25)28/h3-10,17,20H,11-16H2,1-2H3. The first-order chi connectivity index (χ1) is 14.0. The molecule has 1 aliphatic heterocycles. The maximum absolute atomic E-state index is 13.0. The van der Waals surface area contributed by atoms with E-state index in [0.29, 0.717) is 37.2 Å². The molecule has 0 bridgehead atoms. The van der Waals surface area contributed by atoms with E-state index in [4.69, 9.17) is 4.74 Å². The molecule has 0 saturated heterocycles. The lowest BCUT2D eigenvalue weighted by atomic mass is 10.0. The zero-order valence-electron chi connectivity index (χ0n) is 17.1. The highest BCUT2D eigenvalue weighted by atomic mass is 16.5. The zero-order chi connectivity index (χ0) is 20.4. The fourth-order valence-electron chi connectivity index (χ4n) is 3.76. The van der Waals surface area contributed by atoms with Crippen LogP contribution in [0.4, 0.5) is 5.69 Å². The second-order valence-electron chi connectivity index (χ2n) is 8.20. The number of benzene rings is 2. The quantitative estimate of drug-likeness (QED) is 0.712. The molecule has 1 fully saturated rings. The van der Waals surface area contributed by atoms with Crippen molar-refractivity contribution in [2.45, 2.75) is 51.6 Å². The number of carbonyl (C=O) groups is 2. The van der Waals surface area contributed by atoms with E-state index < -0.39 is 0 Å². The van der Waals surface area contributed by atoms with Crippen molar-refractivity contribution in [3.05, 3.63) is 59.7 Å². The molecular weight excluding hydrogens is 364 g/mol. The summed E-state index contributed by atoms with van der Waals surface area (Å²) in [6.07, 6.45) is 2.45. The van der Waals surface area contributed by atoms with Crippen molar-refractivity contribution in [3.8, 4) is 5.75 Å². The van der Waals surface area contributed by atoms with Gasteiger partial charge in [-0.25, -0.2) is 0 Å². The van der Waals surface area contributed by atoms with Crippen LogP contribution >= 0.6 is 0 Å². The topological polar surface area (TPSA) is 49.9 Å². The molecule has 2 aromatic rings. The highest BCUT2D eigenvalue weighted by Crippen LogP contribution is 2.32. The monoisotopic (exact) mass is 392 g/mol. The van der Waals surface area contributed by atoms with Gasteiger partial charge in [0.1, 0.15) is 5.75 Å². The molecule has 0 aromatic heterocycles. The van der Waals surface area contributed by atoms with Crippen molar-refractivity contribution < 1.29 is 14.3 Å².